The zero-order chi connectivity index (χ0) is 23.9. The number of benzene rings is 1. The molecule has 0 bridgehead atoms. The van der Waals surface area contributed by atoms with Gasteiger partial charge in [0.15, 0.2) is 5.82 Å². The molecular formula is C26H33N5O3. The predicted octanol–water partition coefficient (Wildman–Crippen LogP) is 4.48. The molecule has 2 aromatic rings. The average molecular weight is 464 g/mol. The van der Waals surface area contributed by atoms with Crippen molar-refractivity contribution in [2.24, 2.45) is 0 Å². The van der Waals surface area contributed by atoms with Crippen LogP contribution in [0.2, 0.25) is 0 Å². The zero-order valence-corrected chi connectivity index (χ0v) is 20.3. The van der Waals surface area contributed by atoms with Gasteiger partial charge in [-0.15, -0.1) is 0 Å². The third kappa shape index (κ3) is 4.37. The minimum Gasteiger partial charge on any atom is -0.444 e. The first-order chi connectivity index (χ1) is 16.3. The van der Waals surface area contributed by atoms with E-state index in [4.69, 9.17) is 14.6 Å². The van der Waals surface area contributed by atoms with Crippen LogP contribution in [0, 0.1) is 11.3 Å². The lowest BCUT2D eigenvalue weighted by atomic mass is 9.98. The highest BCUT2D eigenvalue weighted by atomic mass is 16.6. The molecule has 3 aliphatic rings. The maximum atomic E-state index is 12.9. The van der Waals surface area contributed by atoms with Crippen LogP contribution in [0.1, 0.15) is 68.5 Å². The lowest BCUT2D eigenvalue weighted by Gasteiger charge is -2.33. The summed E-state index contributed by atoms with van der Waals surface area (Å²) in [5, 5.41) is 14.7. The summed E-state index contributed by atoms with van der Waals surface area (Å²) in [6, 6.07) is 8.51. The van der Waals surface area contributed by atoms with Crippen molar-refractivity contribution in [3.05, 3.63) is 40.6 Å². The molecule has 0 aliphatic carbocycles. The molecule has 0 unspecified atom stereocenters. The first-order valence-corrected chi connectivity index (χ1v) is 12.3. The second-order valence-electron chi connectivity index (χ2n) is 10.4. The van der Waals surface area contributed by atoms with Crippen molar-refractivity contribution >= 4 is 17.6 Å². The summed E-state index contributed by atoms with van der Waals surface area (Å²) in [6.07, 6.45) is 4.36. The van der Waals surface area contributed by atoms with Gasteiger partial charge in [0.05, 0.1) is 24.2 Å². The number of hydrogen-bond acceptors (Lipinski definition) is 6. The van der Waals surface area contributed by atoms with E-state index in [-0.39, 0.29) is 6.09 Å². The minimum atomic E-state index is -0.536. The molecule has 0 N–H and O–H groups in total. The molecule has 8 nitrogen and oxygen atoms in total. The Balaban J connectivity index is 1.55. The number of aryl methyl sites for hydroxylation is 1. The van der Waals surface area contributed by atoms with E-state index in [1.165, 1.54) is 11.3 Å². The number of carbonyl (C=O) groups excluding carboxylic acids is 1. The summed E-state index contributed by atoms with van der Waals surface area (Å²) in [6.45, 7) is 9.11. The number of carbonyl (C=O) groups is 1. The number of rotatable bonds is 2. The summed E-state index contributed by atoms with van der Waals surface area (Å²) in [5.74, 6) is 0.908. The van der Waals surface area contributed by atoms with Crippen molar-refractivity contribution in [3.8, 4) is 6.07 Å². The van der Waals surface area contributed by atoms with Gasteiger partial charge in [-0.2, -0.15) is 10.4 Å². The summed E-state index contributed by atoms with van der Waals surface area (Å²) in [7, 11) is 0. The molecule has 1 saturated heterocycles. The lowest BCUT2D eigenvalue weighted by Crippen LogP contribution is -2.40. The number of hydrogen-bond donors (Lipinski definition) is 0. The molecule has 0 radical (unpaired) electrons. The SMILES string of the molecule is CC(C)(C)OC(=O)N1CCc2c(c(N3CCCc4ccc(C#N)cc43)nn2C2CCOCC2)C1. The first kappa shape index (κ1) is 22.7. The van der Waals surface area contributed by atoms with Gasteiger partial charge in [0, 0.05) is 49.7 Å². The largest absolute Gasteiger partial charge is 0.444 e. The van der Waals surface area contributed by atoms with Crippen molar-refractivity contribution in [1.29, 1.82) is 5.26 Å². The van der Waals surface area contributed by atoms with Crippen LogP contribution in [-0.2, 0) is 28.9 Å². The van der Waals surface area contributed by atoms with Gasteiger partial charge in [0.1, 0.15) is 5.60 Å². The number of ether oxygens (including phenoxy) is 2. The molecule has 34 heavy (non-hydrogen) atoms. The van der Waals surface area contributed by atoms with Gasteiger partial charge in [-0.05, 0) is 64.2 Å². The number of fused-ring (bicyclic) bond motifs is 2. The molecule has 1 amide bonds. The van der Waals surface area contributed by atoms with Gasteiger partial charge in [-0.1, -0.05) is 6.07 Å². The van der Waals surface area contributed by atoms with E-state index in [1.54, 1.807) is 4.90 Å². The van der Waals surface area contributed by atoms with Crippen molar-refractivity contribution < 1.29 is 14.3 Å². The number of aromatic nitrogens is 2. The topological polar surface area (TPSA) is 83.6 Å². The molecule has 0 saturated carbocycles. The average Bonchev–Trinajstić information content (AvgIpc) is 3.21. The number of nitriles is 1. The Morgan fingerprint density at radius 2 is 2.00 bits per heavy atom. The molecule has 5 rings (SSSR count). The monoisotopic (exact) mass is 463 g/mol. The molecule has 1 aromatic carbocycles. The second kappa shape index (κ2) is 8.95. The summed E-state index contributed by atoms with van der Waals surface area (Å²) >= 11 is 0. The Morgan fingerprint density at radius 1 is 1.21 bits per heavy atom. The van der Waals surface area contributed by atoms with Crippen LogP contribution in [-0.4, -0.2) is 52.7 Å². The summed E-state index contributed by atoms with van der Waals surface area (Å²) in [5.41, 5.74) is 4.72. The van der Waals surface area contributed by atoms with E-state index < -0.39 is 5.60 Å². The van der Waals surface area contributed by atoms with E-state index in [0.29, 0.717) is 24.7 Å². The molecule has 1 aromatic heterocycles. The molecule has 0 spiro atoms. The third-order valence-corrected chi connectivity index (χ3v) is 6.84. The maximum Gasteiger partial charge on any atom is 0.410 e. The fourth-order valence-electron chi connectivity index (χ4n) is 5.22. The molecule has 4 heterocycles. The van der Waals surface area contributed by atoms with Crippen molar-refractivity contribution in [3.63, 3.8) is 0 Å². The Labute approximate surface area is 201 Å². The molecular weight excluding hydrogens is 430 g/mol. The molecule has 3 aliphatic heterocycles. The highest BCUT2D eigenvalue weighted by Crippen LogP contribution is 2.40. The van der Waals surface area contributed by atoms with E-state index in [1.807, 2.05) is 32.9 Å². The van der Waals surface area contributed by atoms with E-state index in [0.717, 1.165) is 68.9 Å². The van der Waals surface area contributed by atoms with Gasteiger partial charge in [0.2, 0.25) is 0 Å². The predicted molar refractivity (Wildman–Crippen MR) is 128 cm³/mol. The minimum absolute atomic E-state index is 0.284. The highest BCUT2D eigenvalue weighted by molar-refractivity contribution is 5.72. The van der Waals surface area contributed by atoms with Gasteiger partial charge in [0.25, 0.3) is 0 Å². The van der Waals surface area contributed by atoms with Crippen molar-refractivity contribution in [2.75, 3.05) is 31.2 Å². The lowest BCUT2D eigenvalue weighted by molar-refractivity contribution is 0.0221. The zero-order valence-electron chi connectivity index (χ0n) is 20.3. The van der Waals surface area contributed by atoms with Crippen LogP contribution < -0.4 is 4.90 Å². The van der Waals surface area contributed by atoms with Gasteiger partial charge in [-0.3, -0.25) is 4.68 Å². The van der Waals surface area contributed by atoms with Crippen LogP contribution in [0.15, 0.2) is 18.2 Å². The van der Waals surface area contributed by atoms with Crippen LogP contribution in [0.4, 0.5) is 16.3 Å². The van der Waals surface area contributed by atoms with E-state index in [9.17, 15) is 10.1 Å². The van der Waals surface area contributed by atoms with Crippen LogP contribution >= 0.6 is 0 Å². The number of amides is 1. The van der Waals surface area contributed by atoms with Gasteiger partial charge < -0.3 is 19.3 Å². The van der Waals surface area contributed by atoms with Crippen molar-refractivity contribution in [2.45, 2.75) is 71.1 Å². The maximum absolute atomic E-state index is 12.9. The quantitative estimate of drug-likeness (QED) is 0.653. The molecule has 180 valence electrons. The van der Waals surface area contributed by atoms with E-state index in [2.05, 4.69) is 21.7 Å². The first-order valence-electron chi connectivity index (χ1n) is 12.3. The summed E-state index contributed by atoms with van der Waals surface area (Å²) < 4.78 is 13.5. The van der Waals surface area contributed by atoms with Crippen LogP contribution in [0.5, 0.6) is 0 Å². The molecule has 8 heteroatoms. The highest BCUT2D eigenvalue weighted by Gasteiger charge is 2.35. The third-order valence-electron chi connectivity index (χ3n) is 6.84. The number of anilines is 2. The second-order valence-corrected chi connectivity index (χ2v) is 10.4. The van der Waals surface area contributed by atoms with Crippen LogP contribution in [0.3, 0.4) is 0 Å². The van der Waals surface area contributed by atoms with Gasteiger partial charge in [-0.25, -0.2) is 4.79 Å². The fourth-order valence-corrected chi connectivity index (χ4v) is 5.22. The smallest absolute Gasteiger partial charge is 0.410 e. The molecule has 0 atom stereocenters. The molecule has 1 fully saturated rings. The van der Waals surface area contributed by atoms with Crippen LogP contribution in [0.25, 0.3) is 0 Å². The fraction of sp³-hybridized carbons (Fsp3) is 0.577. The Morgan fingerprint density at radius 3 is 2.74 bits per heavy atom. The van der Waals surface area contributed by atoms with E-state index >= 15 is 0 Å². The van der Waals surface area contributed by atoms with Gasteiger partial charge >= 0.3 is 6.09 Å². The Hall–Kier alpha value is -3.05. The van der Waals surface area contributed by atoms with Crippen molar-refractivity contribution in [1.82, 2.24) is 14.7 Å². The standard InChI is InChI=1S/C26H33N5O3/c1-26(2,3)34-25(32)29-12-8-22-21(17-29)24(28-31(22)20-9-13-33-14-10-20)30-11-4-5-19-7-6-18(16-27)15-23(19)30/h6-7,15,20H,4-5,8-14,17H2,1-3H3. The summed E-state index contributed by atoms with van der Waals surface area (Å²) in [4.78, 5) is 17.0. The number of nitrogens with zero attached hydrogens (tertiary/aromatic N) is 5. The normalized spacial score (nSPS) is 18.8. The Bertz CT molecular complexity index is 1120. The Kier molecular flexibility index (Phi) is 5.98.